The van der Waals surface area contributed by atoms with Crippen molar-refractivity contribution in [1.82, 2.24) is 4.98 Å². The van der Waals surface area contributed by atoms with Gasteiger partial charge in [-0.1, -0.05) is 0 Å². The van der Waals surface area contributed by atoms with Crippen molar-refractivity contribution in [2.75, 3.05) is 14.2 Å². The Balaban J connectivity index is 2.49. The second-order valence-electron chi connectivity index (χ2n) is 5.35. The van der Waals surface area contributed by atoms with Crippen molar-refractivity contribution in [3.05, 3.63) is 30.0 Å². The van der Waals surface area contributed by atoms with Gasteiger partial charge in [-0.15, -0.1) is 0 Å². The number of ether oxygens (including phenoxy) is 2. The van der Waals surface area contributed by atoms with Crippen molar-refractivity contribution < 1.29 is 14.3 Å². The van der Waals surface area contributed by atoms with E-state index in [0.29, 0.717) is 0 Å². The van der Waals surface area contributed by atoms with Gasteiger partial charge in [-0.25, -0.2) is 0 Å². The zero-order chi connectivity index (χ0) is 14.9. The molecular formula is C15H20N2O3. The Kier molecular flexibility index (Phi) is 3.72. The van der Waals surface area contributed by atoms with Gasteiger partial charge >= 0.3 is 5.97 Å². The predicted octanol–water partition coefficient (Wildman–Crippen LogP) is 2.38. The number of benzene rings is 1. The van der Waals surface area contributed by atoms with Gasteiger partial charge in [0.1, 0.15) is 5.75 Å². The highest BCUT2D eigenvalue weighted by Crippen LogP contribution is 2.36. The monoisotopic (exact) mass is 276 g/mol. The maximum absolute atomic E-state index is 11.9. The van der Waals surface area contributed by atoms with Crippen LogP contribution in [0.5, 0.6) is 5.75 Å². The van der Waals surface area contributed by atoms with E-state index in [1.807, 2.05) is 24.4 Å². The van der Waals surface area contributed by atoms with Crippen LogP contribution in [0.25, 0.3) is 10.9 Å². The molecule has 5 heteroatoms. The highest BCUT2D eigenvalue weighted by molar-refractivity contribution is 5.86. The van der Waals surface area contributed by atoms with E-state index < -0.39 is 11.5 Å². The Bertz CT molecular complexity index is 631. The molecule has 0 fully saturated rings. The number of hydrogen-bond acceptors (Lipinski definition) is 4. The molecule has 108 valence electrons. The molecule has 0 aliphatic heterocycles. The quantitative estimate of drug-likeness (QED) is 0.840. The van der Waals surface area contributed by atoms with Gasteiger partial charge in [0.05, 0.1) is 19.6 Å². The molecule has 0 aliphatic carbocycles. The van der Waals surface area contributed by atoms with Gasteiger partial charge in [-0.3, -0.25) is 4.79 Å². The summed E-state index contributed by atoms with van der Waals surface area (Å²) in [6.07, 6.45) is 1.83. The van der Waals surface area contributed by atoms with Crippen LogP contribution in [0.4, 0.5) is 0 Å². The Labute approximate surface area is 118 Å². The summed E-state index contributed by atoms with van der Waals surface area (Å²) in [5, 5.41) is 0.953. The van der Waals surface area contributed by atoms with E-state index in [4.69, 9.17) is 15.2 Å². The molecule has 2 rings (SSSR count). The first-order valence-electron chi connectivity index (χ1n) is 6.40. The third-order valence-electron chi connectivity index (χ3n) is 3.74. The lowest BCUT2D eigenvalue weighted by Gasteiger charge is -2.28. The average Bonchev–Trinajstić information content (AvgIpc) is 2.87. The van der Waals surface area contributed by atoms with Gasteiger partial charge in [0.2, 0.25) is 0 Å². The fraction of sp³-hybridized carbons (Fsp3) is 0.400. The van der Waals surface area contributed by atoms with Gasteiger partial charge in [0, 0.05) is 23.1 Å². The van der Waals surface area contributed by atoms with Crippen LogP contribution in [0.15, 0.2) is 24.4 Å². The van der Waals surface area contributed by atoms with Crippen LogP contribution in [-0.4, -0.2) is 25.2 Å². The molecule has 20 heavy (non-hydrogen) atoms. The molecule has 0 radical (unpaired) electrons. The van der Waals surface area contributed by atoms with Crippen molar-refractivity contribution in [1.29, 1.82) is 0 Å². The summed E-state index contributed by atoms with van der Waals surface area (Å²) in [6.45, 7) is 3.56. The molecule has 2 aromatic rings. The lowest BCUT2D eigenvalue weighted by Crippen LogP contribution is -2.37. The van der Waals surface area contributed by atoms with Crippen molar-refractivity contribution in [3.63, 3.8) is 0 Å². The largest absolute Gasteiger partial charge is 0.497 e. The van der Waals surface area contributed by atoms with Crippen LogP contribution in [0, 0.1) is 5.41 Å². The number of fused-ring (bicyclic) bond motifs is 1. The highest BCUT2D eigenvalue weighted by Gasteiger charge is 2.37. The molecule has 0 aliphatic rings. The smallest absolute Gasteiger partial charge is 0.313 e. The second kappa shape index (κ2) is 5.17. The number of hydrogen-bond donors (Lipinski definition) is 2. The summed E-state index contributed by atoms with van der Waals surface area (Å²) in [5.74, 6) is 0.420. The minimum absolute atomic E-state index is 0.331. The third-order valence-corrected chi connectivity index (χ3v) is 3.74. The van der Waals surface area contributed by atoms with Gasteiger partial charge in [-0.2, -0.15) is 0 Å². The summed E-state index contributed by atoms with van der Waals surface area (Å²) in [7, 11) is 2.99. The van der Waals surface area contributed by atoms with Crippen LogP contribution >= 0.6 is 0 Å². The lowest BCUT2D eigenvalue weighted by atomic mass is 9.81. The zero-order valence-electron chi connectivity index (χ0n) is 12.2. The Morgan fingerprint density at radius 1 is 1.35 bits per heavy atom. The molecule has 0 saturated heterocycles. The molecule has 1 aromatic carbocycles. The molecule has 0 spiro atoms. The van der Waals surface area contributed by atoms with Crippen molar-refractivity contribution >= 4 is 16.9 Å². The van der Waals surface area contributed by atoms with Gasteiger partial charge in [-0.05, 0) is 37.6 Å². The lowest BCUT2D eigenvalue weighted by molar-refractivity contribution is -0.152. The summed E-state index contributed by atoms with van der Waals surface area (Å²) in [4.78, 5) is 15.1. The second-order valence-corrected chi connectivity index (χ2v) is 5.35. The van der Waals surface area contributed by atoms with E-state index in [9.17, 15) is 4.79 Å². The maximum Gasteiger partial charge on any atom is 0.313 e. The molecule has 0 bridgehead atoms. The number of nitrogens with two attached hydrogens (primary N) is 1. The number of carbonyl (C=O) groups excluding carboxylic acids is 1. The number of H-pyrrole nitrogens is 1. The highest BCUT2D eigenvalue weighted by atomic mass is 16.5. The minimum Gasteiger partial charge on any atom is -0.497 e. The van der Waals surface area contributed by atoms with E-state index >= 15 is 0 Å². The number of nitrogens with one attached hydrogen (secondary N) is 1. The van der Waals surface area contributed by atoms with E-state index in [2.05, 4.69) is 4.98 Å². The molecule has 0 amide bonds. The van der Waals surface area contributed by atoms with Gasteiger partial charge < -0.3 is 20.2 Å². The molecule has 3 N–H and O–H groups in total. The Morgan fingerprint density at radius 3 is 2.65 bits per heavy atom. The molecule has 0 unspecified atom stereocenters. The van der Waals surface area contributed by atoms with Crippen LogP contribution < -0.4 is 10.5 Å². The fourth-order valence-electron chi connectivity index (χ4n) is 2.28. The predicted molar refractivity (Wildman–Crippen MR) is 77.6 cm³/mol. The van der Waals surface area contributed by atoms with Crippen LogP contribution in [0.2, 0.25) is 0 Å². The van der Waals surface area contributed by atoms with Crippen LogP contribution in [0.3, 0.4) is 0 Å². The van der Waals surface area contributed by atoms with Gasteiger partial charge in [0.15, 0.2) is 0 Å². The average molecular weight is 276 g/mol. The van der Waals surface area contributed by atoms with Gasteiger partial charge in [0.25, 0.3) is 0 Å². The summed E-state index contributed by atoms with van der Waals surface area (Å²) < 4.78 is 10.1. The standard InChI is InChI=1S/C15H20N2O3/c1-15(2,14(18)20-4)13(16)11-8-17-12-6-5-9(19-3)7-10(11)12/h5-8,13,17H,16H2,1-4H3/t13-/m0/s1. The third kappa shape index (κ3) is 2.25. The van der Waals surface area contributed by atoms with E-state index in [0.717, 1.165) is 22.2 Å². The number of carbonyl (C=O) groups is 1. The number of aromatic nitrogens is 1. The molecular weight excluding hydrogens is 256 g/mol. The van der Waals surface area contributed by atoms with E-state index in [-0.39, 0.29) is 5.97 Å². The molecule has 0 saturated carbocycles. The minimum atomic E-state index is -0.813. The Morgan fingerprint density at radius 2 is 2.05 bits per heavy atom. The van der Waals surface area contributed by atoms with Crippen LogP contribution in [-0.2, 0) is 9.53 Å². The first-order chi connectivity index (χ1) is 9.41. The Hall–Kier alpha value is -2.01. The maximum atomic E-state index is 11.9. The first kappa shape index (κ1) is 14.4. The molecule has 1 aromatic heterocycles. The molecule has 1 atom stereocenters. The van der Waals surface area contributed by atoms with Crippen molar-refractivity contribution in [2.24, 2.45) is 11.1 Å². The summed E-state index contributed by atoms with van der Waals surface area (Å²) >= 11 is 0. The molecule has 5 nitrogen and oxygen atoms in total. The molecule has 1 heterocycles. The number of rotatable bonds is 4. The fourth-order valence-corrected chi connectivity index (χ4v) is 2.28. The normalized spacial score (nSPS) is 13.2. The topological polar surface area (TPSA) is 77.3 Å². The van der Waals surface area contributed by atoms with E-state index in [1.165, 1.54) is 7.11 Å². The summed E-state index contributed by atoms with van der Waals surface area (Å²) in [6, 6.07) is 5.24. The number of methoxy groups -OCH3 is 2. The van der Waals surface area contributed by atoms with Crippen molar-refractivity contribution in [2.45, 2.75) is 19.9 Å². The number of esters is 1. The first-order valence-corrected chi connectivity index (χ1v) is 6.40. The SMILES string of the molecule is COC(=O)C(C)(C)[C@@H](N)c1c[nH]c2ccc(OC)cc12. The van der Waals surface area contributed by atoms with Crippen molar-refractivity contribution in [3.8, 4) is 5.75 Å². The zero-order valence-corrected chi connectivity index (χ0v) is 12.2. The van der Waals surface area contributed by atoms with Crippen LogP contribution in [0.1, 0.15) is 25.5 Å². The van der Waals surface area contributed by atoms with E-state index in [1.54, 1.807) is 21.0 Å². The number of aromatic amines is 1. The summed E-state index contributed by atoms with van der Waals surface area (Å²) in [5.41, 5.74) is 7.30.